The van der Waals surface area contributed by atoms with Crippen LogP contribution in [0.1, 0.15) is 27.0 Å². The van der Waals surface area contributed by atoms with Gasteiger partial charge in [0, 0.05) is 31.4 Å². The summed E-state index contributed by atoms with van der Waals surface area (Å²) in [5, 5.41) is 10.4. The van der Waals surface area contributed by atoms with Crippen LogP contribution >= 0.6 is 12.4 Å². The van der Waals surface area contributed by atoms with E-state index in [1.165, 1.54) is 11.1 Å². The normalized spacial score (nSPS) is 12.6. The molecule has 0 radical (unpaired) electrons. The monoisotopic (exact) mass is 306 g/mol. The van der Waals surface area contributed by atoms with Gasteiger partial charge in [-0.2, -0.15) is 5.10 Å². The third kappa shape index (κ3) is 3.62. The number of aryl methyl sites for hydroxylation is 1. The summed E-state index contributed by atoms with van der Waals surface area (Å²) in [5.74, 6) is -0.0245. The van der Waals surface area contributed by atoms with Crippen molar-refractivity contribution in [3.8, 4) is 0 Å². The Bertz CT molecular complexity index is 638. The standard InChI is InChI=1S/C15H18N4O.ClH/c1-11-7-18-19(10-11)5-4-17-15(20)12-2-3-13-8-16-9-14(13)6-12;/h2-3,6-7,10,16H,4-5,8-9H2,1H3,(H,17,20);1H. The quantitative estimate of drug-likeness (QED) is 0.903. The second-order valence-electron chi connectivity index (χ2n) is 5.12. The van der Waals surface area contributed by atoms with E-state index in [4.69, 9.17) is 0 Å². The highest BCUT2D eigenvalue weighted by Crippen LogP contribution is 2.16. The van der Waals surface area contributed by atoms with Crippen LogP contribution in [0, 0.1) is 6.92 Å². The van der Waals surface area contributed by atoms with Gasteiger partial charge in [-0.05, 0) is 35.7 Å². The Morgan fingerprint density at radius 2 is 2.19 bits per heavy atom. The Morgan fingerprint density at radius 3 is 2.95 bits per heavy atom. The number of benzene rings is 1. The molecule has 6 heteroatoms. The van der Waals surface area contributed by atoms with Crippen LogP contribution in [0.5, 0.6) is 0 Å². The maximum atomic E-state index is 12.1. The average Bonchev–Trinajstić information content (AvgIpc) is 3.06. The van der Waals surface area contributed by atoms with Crippen LogP contribution in [-0.4, -0.2) is 22.2 Å². The molecule has 0 atom stereocenters. The fraction of sp³-hybridized carbons (Fsp3) is 0.333. The molecular weight excluding hydrogens is 288 g/mol. The van der Waals surface area contributed by atoms with Crippen molar-refractivity contribution < 1.29 is 4.79 Å². The minimum absolute atomic E-state index is 0. The summed E-state index contributed by atoms with van der Waals surface area (Å²) in [5.41, 5.74) is 4.36. The van der Waals surface area contributed by atoms with Crippen LogP contribution in [-0.2, 0) is 19.6 Å². The number of carbonyl (C=O) groups is 1. The number of nitrogens with zero attached hydrogens (tertiary/aromatic N) is 2. The van der Waals surface area contributed by atoms with Crippen molar-refractivity contribution >= 4 is 18.3 Å². The van der Waals surface area contributed by atoms with E-state index in [1.54, 1.807) is 0 Å². The van der Waals surface area contributed by atoms with E-state index in [0.717, 1.165) is 24.2 Å². The van der Waals surface area contributed by atoms with Gasteiger partial charge in [-0.25, -0.2) is 0 Å². The fourth-order valence-corrected chi connectivity index (χ4v) is 2.41. The molecule has 0 fully saturated rings. The largest absolute Gasteiger partial charge is 0.350 e. The molecule has 2 aromatic rings. The molecule has 112 valence electrons. The van der Waals surface area contributed by atoms with Gasteiger partial charge in [0.1, 0.15) is 0 Å². The van der Waals surface area contributed by atoms with E-state index in [1.807, 2.05) is 42.2 Å². The summed E-state index contributed by atoms with van der Waals surface area (Å²) < 4.78 is 1.84. The Morgan fingerprint density at radius 1 is 1.38 bits per heavy atom. The number of nitrogens with one attached hydrogen (secondary N) is 2. The molecule has 0 unspecified atom stereocenters. The number of hydrogen-bond donors (Lipinski definition) is 2. The summed E-state index contributed by atoms with van der Waals surface area (Å²) in [6.07, 6.45) is 3.78. The van der Waals surface area contributed by atoms with Gasteiger partial charge in [0.2, 0.25) is 0 Å². The van der Waals surface area contributed by atoms with Gasteiger partial charge in [0.05, 0.1) is 12.7 Å². The summed E-state index contributed by atoms with van der Waals surface area (Å²) in [4.78, 5) is 12.1. The molecule has 2 N–H and O–H groups in total. The molecule has 0 aliphatic carbocycles. The van der Waals surface area contributed by atoms with E-state index >= 15 is 0 Å². The first kappa shape index (κ1) is 15.5. The maximum absolute atomic E-state index is 12.1. The van der Waals surface area contributed by atoms with E-state index in [9.17, 15) is 4.79 Å². The molecule has 0 saturated carbocycles. The van der Waals surface area contributed by atoms with Crippen LogP contribution in [0.4, 0.5) is 0 Å². The van der Waals surface area contributed by atoms with Crippen LogP contribution in [0.25, 0.3) is 0 Å². The van der Waals surface area contributed by atoms with Gasteiger partial charge in [-0.3, -0.25) is 9.48 Å². The van der Waals surface area contributed by atoms with Gasteiger partial charge in [-0.15, -0.1) is 12.4 Å². The molecule has 1 amide bonds. The fourth-order valence-electron chi connectivity index (χ4n) is 2.41. The number of rotatable bonds is 4. The van der Waals surface area contributed by atoms with Crippen molar-refractivity contribution in [1.82, 2.24) is 20.4 Å². The van der Waals surface area contributed by atoms with Gasteiger partial charge >= 0.3 is 0 Å². The van der Waals surface area contributed by atoms with Crippen LogP contribution in [0.2, 0.25) is 0 Å². The lowest BCUT2D eigenvalue weighted by atomic mass is 10.1. The Balaban J connectivity index is 0.00000161. The van der Waals surface area contributed by atoms with Crippen molar-refractivity contribution in [3.05, 3.63) is 52.8 Å². The zero-order valence-corrected chi connectivity index (χ0v) is 12.7. The molecule has 21 heavy (non-hydrogen) atoms. The molecule has 1 aliphatic heterocycles. The number of aromatic nitrogens is 2. The van der Waals surface area contributed by atoms with Crippen molar-refractivity contribution in [1.29, 1.82) is 0 Å². The number of carbonyl (C=O) groups excluding carboxylic acids is 1. The first-order chi connectivity index (χ1) is 9.72. The molecular formula is C15H19ClN4O. The molecule has 1 aliphatic rings. The molecule has 1 aromatic carbocycles. The van der Waals surface area contributed by atoms with E-state index in [2.05, 4.69) is 15.7 Å². The highest BCUT2D eigenvalue weighted by molar-refractivity contribution is 5.94. The third-order valence-corrected chi connectivity index (χ3v) is 3.49. The highest BCUT2D eigenvalue weighted by Gasteiger charge is 2.13. The summed E-state index contributed by atoms with van der Waals surface area (Å²) in [6.45, 7) is 5.01. The number of hydrogen-bond acceptors (Lipinski definition) is 3. The van der Waals surface area contributed by atoms with Gasteiger partial charge in [0.15, 0.2) is 0 Å². The first-order valence-electron chi connectivity index (χ1n) is 6.82. The van der Waals surface area contributed by atoms with E-state index in [0.29, 0.717) is 13.1 Å². The van der Waals surface area contributed by atoms with E-state index < -0.39 is 0 Å². The van der Waals surface area contributed by atoms with Crippen molar-refractivity contribution in [2.75, 3.05) is 6.54 Å². The van der Waals surface area contributed by atoms with Crippen molar-refractivity contribution in [2.45, 2.75) is 26.6 Å². The lowest BCUT2D eigenvalue weighted by molar-refractivity contribution is 0.0952. The molecule has 5 nitrogen and oxygen atoms in total. The SMILES string of the molecule is Cc1cnn(CCNC(=O)c2ccc3c(c2)CNC3)c1.Cl. The summed E-state index contributed by atoms with van der Waals surface area (Å²) in [6, 6.07) is 5.89. The highest BCUT2D eigenvalue weighted by atomic mass is 35.5. The van der Waals surface area contributed by atoms with Gasteiger partial charge in [-0.1, -0.05) is 6.07 Å². The van der Waals surface area contributed by atoms with Crippen LogP contribution in [0.15, 0.2) is 30.6 Å². The number of fused-ring (bicyclic) bond motifs is 1. The topological polar surface area (TPSA) is 59.0 Å². The first-order valence-corrected chi connectivity index (χ1v) is 6.82. The zero-order valence-electron chi connectivity index (χ0n) is 11.9. The maximum Gasteiger partial charge on any atom is 0.251 e. The Kier molecular flexibility index (Phi) is 4.98. The molecule has 1 aromatic heterocycles. The molecule has 0 spiro atoms. The predicted octanol–water partition coefficient (Wildman–Crippen LogP) is 1.65. The van der Waals surface area contributed by atoms with Gasteiger partial charge < -0.3 is 10.6 Å². The number of amides is 1. The predicted molar refractivity (Wildman–Crippen MR) is 83.5 cm³/mol. The average molecular weight is 307 g/mol. The molecule has 0 saturated heterocycles. The summed E-state index contributed by atoms with van der Waals surface area (Å²) in [7, 11) is 0. The zero-order chi connectivity index (χ0) is 13.9. The summed E-state index contributed by atoms with van der Waals surface area (Å²) >= 11 is 0. The van der Waals surface area contributed by atoms with Crippen LogP contribution < -0.4 is 10.6 Å². The Labute approximate surface area is 130 Å². The lowest BCUT2D eigenvalue weighted by Crippen LogP contribution is -2.27. The van der Waals surface area contributed by atoms with Gasteiger partial charge in [0.25, 0.3) is 5.91 Å². The lowest BCUT2D eigenvalue weighted by Gasteiger charge is -2.07. The molecule has 3 rings (SSSR count). The second-order valence-corrected chi connectivity index (χ2v) is 5.12. The minimum atomic E-state index is -0.0245. The minimum Gasteiger partial charge on any atom is -0.350 e. The van der Waals surface area contributed by atoms with Crippen molar-refractivity contribution in [3.63, 3.8) is 0 Å². The van der Waals surface area contributed by atoms with Crippen molar-refractivity contribution in [2.24, 2.45) is 0 Å². The molecule has 2 heterocycles. The Hall–Kier alpha value is -1.85. The molecule has 0 bridgehead atoms. The third-order valence-electron chi connectivity index (χ3n) is 3.49. The number of halogens is 1. The van der Waals surface area contributed by atoms with E-state index in [-0.39, 0.29) is 18.3 Å². The second kappa shape index (κ2) is 6.74. The van der Waals surface area contributed by atoms with Crippen LogP contribution in [0.3, 0.4) is 0 Å². The smallest absolute Gasteiger partial charge is 0.251 e.